The molecule has 2 aromatic carbocycles. The molecule has 1 aromatic heterocycles. The van der Waals surface area contributed by atoms with E-state index in [1.54, 1.807) is 31.3 Å². The highest BCUT2D eigenvalue weighted by molar-refractivity contribution is 7.89. The van der Waals surface area contributed by atoms with Crippen LogP contribution in [-0.4, -0.2) is 69.9 Å². The van der Waals surface area contributed by atoms with Crippen LogP contribution in [0.3, 0.4) is 0 Å². The molecule has 0 radical (unpaired) electrons. The number of ether oxygens (including phenoxy) is 3. The van der Waals surface area contributed by atoms with Gasteiger partial charge in [-0.1, -0.05) is 6.07 Å². The molecule has 0 unspecified atom stereocenters. The quantitative estimate of drug-likeness (QED) is 0.539. The molecule has 1 spiro atoms. The number of fused-ring (bicyclic) bond motifs is 2. The number of methoxy groups -OCH3 is 2. The number of benzene rings is 2. The van der Waals surface area contributed by atoms with Crippen molar-refractivity contribution in [3.63, 3.8) is 0 Å². The predicted octanol–water partition coefficient (Wildman–Crippen LogP) is 2.80. The predicted molar refractivity (Wildman–Crippen MR) is 135 cm³/mol. The number of nitrogens with zero attached hydrogens (tertiary/aromatic N) is 2. The van der Waals surface area contributed by atoms with Gasteiger partial charge in [-0.3, -0.25) is 9.59 Å². The molecule has 0 aliphatic carbocycles. The summed E-state index contributed by atoms with van der Waals surface area (Å²) >= 11 is 0. The molecule has 0 saturated carbocycles. The summed E-state index contributed by atoms with van der Waals surface area (Å²) in [7, 11) is 0.725. The van der Waals surface area contributed by atoms with Crippen molar-refractivity contribution in [2.45, 2.75) is 29.8 Å². The summed E-state index contributed by atoms with van der Waals surface area (Å²) in [6, 6.07) is 11.4. The number of carbonyl (C=O) groups excluding carboxylic acids is 2. The van der Waals surface area contributed by atoms with E-state index in [9.17, 15) is 18.0 Å². The van der Waals surface area contributed by atoms with E-state index < -0.39 is 15.6 Å². The first-order valence-electron chi connectivity index (χ1n) is 11.8. The van der Waals surface area contributed by atoms with Gasteiger partial charge in [-0.25, -0.2) is 18.1 Å². The van der Waals surface area contributed by atoms with Crippen LogP contribution in [0.25, 0.3) is 10.9 Å². The van der Waals surface area contributed by atoms with Crippen LogP contribution >= 0.6 is 0 Å². The van der Waals surface area contributed by atoms with E-state index in [0.717, 1.165) is 5.39 Å². The molecule has 1 amide bonds. The number of hydrogen-bond acceptors (Lipinski definition) is 8. The fourth-order valence-electron chi connectivity index (χ4n) is 4.95. The fourth-order valence-corrected chi connectivity index (χ4v) is 5.71. The number of para-hydroxylation sites is 1. The number of rotatable bonds is 5. The summed E-state index contributed by atoms with van der Waals surface area (Å²) in [5.74, 6) is 1.01. The Bertz CT molecular complexity index is 1510. The van der Waals surface area contributed by atoms with Gasteiger partial charge in [0.15, 0.2) is 5.78 Å². The first-order chi connectivity index (χ1) is 17.7. The van der Waals surface area contributed by atoms with Crippen molar-refractivity contribution in [2.24, 2.45) is 0 Å². The molecular weight excluding hydrogens is 498 g/mol. The summed E-state index contributed by atoms with van der Waals surface area (Å²) in [5, 5.41) is 0.745. The normalized spacial score (nSPS) is 16.8. The van der Waals surface area contributed by atoms with E-state index in [1.807, 2.05) is 12.1 Å². The van der Waals surface area contributed by atoms with E-state index in [0.29, 0.717) is 48.7 Å². The number of piperidine rings is 1. The van der Waals surface area contributed by atoms with Gasteiger partial charge in [-0.05, 0) is 37.4 Å². The number of amides is 1. The lowest BCUT2D eigenvalue weighted by molar-refractivity contribution is -0.00590. The number of aromatic nitrogens is 1. The number of sulfonamides is 1. The van der Waals surface area contributed by atoms with Crippen molar-refractivity contribution < 1.29 is 32.2 Å². The molecule has 10 nitrogen and oxygen atoms in total. The maximum absolute atomic E-state index is 13.4. The molecule has 37 heavy (non-hydrogen) atoms. The number of likely N-dealkylation sites (tertiary alicyclic amines) is 1. The van der Waals surface area contributed by atoms with Gasteiger partial charge >= 0.3 is 0 Å². The molecule has 0 atom stereocenters. The lowest BCUT2D eigenvalue weighted by atomic mass is 9.82. The average Bonchev–Trinajstić information content (AvgIpc) is 2.91. The molecule has 5 rings (SSSR count). The van der Waals surface area contributed by atoms with Crippen molar-refractivity contribution in [1.82, 2.24) is 14.6 Å². The number of pyridine rings is 1. The number of hydrogen-bond donors (Lipinski definition) is 1. The highest BCUT2D eigenvalue weighted by Crippen LogP contribution is 2.40. The molecule has 3 heterocycles. The summed E-state index contributed by atoms with van der Waals surface area (Å²) in [6.45, 7) is 0.753. The van der Waals surface area contributed by atoms with Gasteiger partial charge < -0.3 is 19.1 Å². The van der Waals surface area contributed by atoms with Gasteiger partial charge in [0.2, 0.25) is 10.0 Å². The van der Waals surface area contributed by atoms with Crippen LogP contribution in [0.2, 0.25) is 0 Å². The zero-order valence-electron chi connectivity index (χ0n) is 20.7. The Hall–Kier alpha value is -3.70. The minimum Gasteiger partial charge on any atom is -0.496 e. The lowest BCUT2D eigenvalue weighted by Gasteiger charge is -2.43. The zero-order valence-corrected chi connectivity index (χ0v) is 21.6. The molecule has 1 fully saturated rings. The largest absolute Gasteiger partial charge is 0.496 e. The Kier molecular flexibility index (Phi) is 6.28. The van der Waals surface area contributed by atoms with Crippen LogP contribution in [0.4, 0.5) is 0 Å². The van der Waals surface area contributed by atoms with E-state index in [1.165, 1.54) is 25.2 Å². The summed E-state index contributed by atoms with van der Waals surface area (Å²) in [6.07, 6.45) is 1.02. The molecule has 2 aliphatic rings. The third-order valence-corrected chi connectivity index (χ3v) is 8.44. The Morgan fingerprint density at radius 2 is 1.81 bits per heavy atom. The highest BCUT2D eigenvalue weighted by atomic mass is 32.2. The SMILES string of the molecule is CNS(=O)(=O)c1ccc2c(c1)C(=O)CC1(CCN(C(=O)c3cc(OC)c4cccc(OC)c4n3)CC1)O2. The lowest BCUT2D eigenvalue weighted by Crippen LogP contribution is -2.52. The maximum atomic E-state index is 13.4. The summed E-state index contributed by atoms with van der Waals surface area (Å²) in [5.41, 5.74) is 0.289. The van der Waals surface area contributed by atoms with Crippen LogP contribution in [0.5, 0.6) is 17.2 Å². The monoisotopic (exact) mass is 525 g/mol. The number of ketones is 1. The number of nitrogens with one attached hydrogen (secondary N) is 1. The molecular formula is C26H27N3O7S. The molecule has 11 heteroatoms. The van der Waals surface area contributed by atoms with E-state index in [2.05, 4.69) is 9.71 Å². The first kappa shape index (κ1) is 25.0. The van der Waals surface area contributed by atoms with Gasteiger partial charge in [0, 0.05) is 37.4 Å². The van der Waals surface area contributed by atoms with Crippen LogP contribution in [-0.2, 0) is 10.0 Å². The Labute approximate surface area is 214 Å². The van der Waals surface area contributed by atoms with Gasteiger partial charge in [0.1, 0.15) is 34.1 Å². The summed E-state index contributed by atoms with van der Waals surface area (Å²) in [4.78, 5) is 32.7. The van der Waals surface area contributed by atoms with Gasteiger partial charge in [-0.2, -0.15) is 0 Å². The minimum absolute atomic E-state index is 0.0111. The van der Waals surface area contributed by atoms with Gasteiger partial charge in [-0.15, -0.1) is 0 Å². The highest BCUT2D eigenvalue weighted by Gasteiger charge is 2.44. The molecule has 1 N–H and O–H groups in total. The summed E-state index contributed by atoms with van der Waals surface area (Å²) < 4.78 is 43.7. The topological polar surface area (TPSA) is 124 Å². The number of carbonyl (C=O) groups is 2. The first-order valence-corrected chi connectivity index (χ1v) is 13.3. The van der Waals surface area contributed by atoms with Crippen LogP contribution in [0, 0.1) is 0 Å². The van der Waals surface area contributed by atoms with Crippen LogP contribution in [0.15, 0.2) is 47.4 Å². The Morgan fingerprint density at radius 1 is 1.08 bits per heavy atom. The van der Waals surface area contributed by atoms with Crippen LogP contribution < -0.4 is 18.9 Å². The number of Topliss-reactive ketones (excluding diaryl/α,β-unsaturated/α-hetero) is 1. The van der Waals surface area contributed by atoms with Crippen molar-refractivity contribution in [3.05, 3.63) is 53.7 Å². The Balaban J connectivity index is 1.36. The second-order valence-corrected chi connectivity index (χ2v) is 11.0. The fraction of sp³-hybridized carbons (Fsp3) is 0.346. The van der Waals surface area contributed by atoms with Crippen molar-refractivity contribution in [3.8, 4) is 17.2 Å². The van der Waals surface area contributed by atoms with Gasteiger partial charge in [0.25, 0.3) is 5.91 Å². The molecule has 1 saturated heterocycles. The molecule has 194 valence electrons. The van der Waals surface area contributed by atoms with Crippen molar-refractivity contribution in [2.75, 3.05) is 34.4 Å². The minimum atomic E-state index is -3.68. The smallest absolute Gasteiger partial charge is 0.272 e. The van der Waals surface area contributed by atoms with Crippen molar-refractivity contribution in [1.29, 1.82) is 0 Å². The van der Waals surface area contributed by atoms with Crippen LogP contribution in [0.1, 0.15) is 40.1 Å². The maximum Gasteiger partial charge on any atom is 0.272 e. The molecule has 2 aliphatic heterocycles. The third-order valence-electron chi connectivity index (χ3n) is 7.03. The third kappa shape index (κ3) is 4.38. The van der Waals surface area contributed by atoms with Gasteiger partial charge in [0.05, 0.1) is 31.1 Å². The second kappa shape index (κ2) is 9.31. The molecule has 3 aromatic rings. The van der Waals surface area contributed by atoms with E-state index in [4.69, 9.17) is 14.2 Å². The van der Waals surface area contributed by atoms with E-state index >= 15 is 0 Å². The van der Waals surface area contributed by atoms with E-state index in [-0.39, 0.29) is 34.3 Å². The standard InChI is InChI=1S/C26H27N3O7S/c1-27-37(32,33)16-7-8-21-18(13-16)20(30)15-26(36-21)9-11-29(12-10-26)25(31)19-14-23(35-3)17-5-4-6-22(34-2)24(17)28-19/h4-8,13-14,27H,9-12,15H2,1-3H3. The second-order valence-electron chi connectivity index (χ2n) is 9.11. The van der Waals surface area contributed by atoms with Crippen molar-refractivity contribution >= 4 is 32.6 Å². The molecule has 0 bridgehead atoms. The zero-order chi connectivity index (χ0) is 26.4. The Morgan fingerprint density at radius 3 is 2.49 bits per heavy atom. The average molecular weight is 526 g/mol.